The van der Waals surface area contributed by atoms with Crippen LogP contribution in [-0.2, 0) is 4.79 Å². The number of hydrogen-bond acceptors (Lipinski definition) is 1. The average Bonchev–Trinajstić information content (AvgIpc) is 2.50. The molecule has 0 saturated carbocycles. The van der Waals surface area contributed by atoms with Crippen LogP contribution in [-0.4, -0.2) is 11.1 Å². The van der Waals surface area contributed by atoms with Gasteiger partial charge in [0.2, 0.25) is 0 Å². The molecule has 0 aliphatic carbocycles. The molecule has 0 aliphatic rings. The Hall–Kier alpha value is -1.83. The van der Waals surface area contributed by atoms with Gasteiger partial charge >= 0.3 is 5.97 Å². The van der Waals surface area contributed by atoms with Crippen LogP contribution < -0.4 is 0 Å². The van der Waals surface area contributed by atoms with Gasteiger partial charge in [0, 0.05) is 6.42 Å². The third kappa shape index (κ3) is 18.2. The monoisotopic (exact) mass is 302 g/mol. The number of allylic oxidation sites excluding steroid dienone is 10. The van der Waals surface area contributed by atoms with E-state index in [4.69, 9.17) is 5.11 Å². The smallest absolute Gasteiger partial charge is 0.303 e. The van der Waals surface area contributed by atoms with Gasteiger partial charge in [0.05, 0.1) is 0 Å². The van der Waals surface area contributed by atoms with Gasteiger partial charge in [-0.25, -0.2) is 0 Å². The zero-order chi connectivity index (χ0) is 16.3. The van der Waals surface area contributed by atoms with E-state index >= 15 is 0 Å². The van der Waals surface area contributed by atoms with Gasteiger partial charge in [0.15, 0.2) is 0 Å². The van der Waals surface area contributed by atoms with Crippen LogP contribution in [0.25, 0.3) is 0 Å². The maximum atomic E-state index is 10.3. The molecule has 0 unspecified atom stereocenters. The van der Waals surface area contributed by atoms with Gasteiger partial charge in [-0.2, -0.15) is 0 Å². The highest BCUT2D eigenvalue weighted by atomic mass is 16.4. The average molecular weight is 302 g/mol. The molecule has 0 spiro atoms. The number of unbranched alkanes of at least 4 members (excludes halogenated alkanes) is 1. The van der Waals surface area contributed by atoms with Crippen molar-refractivity contribution in [1.82, 2.24) is 0 Å². The summed E-state index contributed by atoms with van der Waals surface area (Å²) in [6, 6.07) is 0. The van der Waals surface area contributed by atoms with Gasteiger partial charge in [-0.3, -0.25) is 4.79 Å². The van der Waals surface area contributed by atoms with Crippen LogP contribution in [0.5, 0.6) is 0 Å². The number of carbonyl (C=O) groups is 1. The lowest BCUT2D eigenvalue weighted by Crippen LogP contribution is -1.92. The van der Waals surface area contributed by atoms with Crippen molar-refractivity contribution in [2.45, 2.75) is 58.3 Å². The molecule has 0 aromatic rings. The Morgan fingerprint density at radius 1 is 0.727 bits per heavy atom. The maximum absolute atomic E-state index is 10.3. The van der Waals surface area contributed by atoms with E-state index in [0.717, 1.165) is 44.9 Å². The van der Waals surface area contributed by atoms with Crippen molar-refractivity contribution in [3.8, 4) is 0 Å². The summed E-state index contributed by atoms with van der Waals surface area (Å²) in [7, 11) is 0. The topological polar surface area (TPSA) is 37.3 Å². The normalized spacial score (nSPS) is 12.8. The highest BCUT2D eigenvalue weighted by Gasteiger charge is 1.92. The summed E-state index contributed by atoms with van der Waals surface area (Å²) >= 11 is 0. The van der Waals surface area contributed by atoms with Gasteiger partial charge < -0.3 is 5.11 Å². The fourth-order valence-corrected chi connectivity index (χ4v) is 1.74. The minimum Gasteiger partial charge on any atom is -0.481 e. The molecular formula is C20H30O2. The van der Waals surface area contributed by atoms with Gasteiger partial charge in [-0.05, 0) is 44.9 Å². The molecule has 0 atom stereocenters. The molecule has 0 aromatic carbocycles. The first kappa shape index (κ1) is 20.2. The molecular weight excluding hydrogens is 272 g/mol. The first-order valence-corrected chi connectivity index (χ1v) is 8.24. The highest BCUT2D eigenvalue weighted by molar-refractivity contribution is 5.66. The van der Waals surface area contributed by atoms with E-state index in [2.05, 4.69) is 67.7 Å². The Morgan fingerprint density at radius 3 is 1.55 bits per heavy atom. The SMILES string of the molecule is CC/C=C/C/C=C\C/C=C\C/C=C\C/C=C/CCCC(=O)O. The second kappa shape index (κ2) is 17.2. The van der Waals surface area contributed by atoms with E-state index in [1.165, 1.54) is 0 Å². The predicted octanol–water partition coefficient (Wildman–Crippen LogP) is 5.99. The fraction of sp³-hybridized carbons (Fsp3) is 0.450. The number of aliphatic carboxylic acids is 1. The van der Waals surface area contributed by atoms with Crippen LogP contribution >= 0.6 is 0 Å². The number of rotatable bonds is 13. The second-order valence-electron chi connectivity index (χ2n) is 4.99. The van der Waals surface area contributed by atoms with Crippen molar-refractivity contribution >= 4 is 5.97 Å². The molecule has 0 saturated heterocycles. The molecule has 0 fully saturated rings. The summed E-state index contributed by atoms with van der Waals surface area (Å²) in [4.78, 5) is 10.3. The second-order valence-corrected chi connectivity index (χ2v) is 4.99. The Labute approximate surface area is 135 Å². The standard InChI is InChI=1S/C20H30O2/c1-2-3-4-5-6-7-8-9-10-11-12-13-14-15-16-17-18-19-20(21)22/h3-4,6-7,9-10,12-13,15-16H,2,5,8,11,14,17-19H2,1H3,(H,21,22)/b4-3+,7-6-,10-9-,13-12-,16-15+. The molecule has 2 nitrogen and oxygen atoms in total. The van der Waals surface area contributed by atoms with Crippen LogP contribution in [0.15, 0.2) is 60.8 Å². The lowest BCUT2D eigenvalue weighted by Gasteiger charge is -1.89. The summed E-state index contributed by atoms with van der Waals surface area (Å²) in [6.45, 7) is 2.14. The predicted molar refractivity (Wildman–Crippen MR) is 95.9 cm³/mol. The third-order valence-electron chi connectivity index (χ3n) is 2.92. The van der Waals surface area contributed by atoms with E-state index in [1.54, 1.807) is 0 Å². The molecule has 0 rings (SSSR count). The Kier molecular flexibility index (Phi) is 15.8. The van der Waals surface area contributed by atoms with Crippen molar-refractivity contribution in [2.75, 3.05) is 0 Å². The van der Waals surface area contributed by atoms with Crippen molar-refractivity contribution in [2.24, 2.45) is 0 Å². The number of carboxylic acid groups (broad SMARTS) is 1. The summed E-state index contributed by atoms with van der Waals surface area (Å²) in [5.74, 6) is -0.715. The Morgan fingerprint density at radius 2 is 1.14 bits per heavy atom. The van der Waals surface area contributed by atoms with Crippen molar-refractivity contribution in [1.29, 1.82) is 0 Å². The Balaban J connectivity index is 3.46. The quantitative estimate of drug-likeness (QED) is 0.335. The fourth-order valence-electron chi connectivity index (χ4n) is 1.74. The molecule has 1 N–H and O–H groups in total. The zero-order valence-corrected chi connectivity index (χ0v) is 13.8. The first-order valence-electron chi connectivity index (χ1n) is 8.24. The van der Waals surface area contributed by atoms with Crippen molar-refractivity contribution in [3.05, 3.63) is 60.8 Å². The molecule has 0 heterocycles. The van der Waals surface area contributed by atoms with E-state index in [9.17, 15) is 4.79 Å². The number of carboxylic acids is 1. The summed E-state index contributed by atoms with van der Waals surface area (Å²) < 4.78 is 0. The molecule has 0 aliphatic heterocycles. The van der Waals surface area contributed by atoms with Gasteiger partial charge in [0.1, 0.15) is 0 Å². The molecule has 0 bridgehead atoms. The van der Waals surface area contributed by atoms with Crippen LogP contribution in [0.3, 0.4) is 0 Å². The summed E-state index contributed by atoms with van der Waals surface area (Å²) in [5.41, 5.74) is 0. The highest BCUT2D eigenvalue weighted by Crippen LogP contribution is 1.99. The van der Waals surface area contributed by atoms with Gasteiger partial charge in [-0.15, -0.1) is 0 Å². The number of hydrogen-bond donors (Lipinski definition) is 1. The molecule has 0 aromatic heterocycles. The molecule has 2 heteroatoms. The van der Waals surface area contributed by atoms with E-state index < -0.39 is 5.97 Å². The van der Waals surface area contributed by atoms with E-state index in [0.29, 0.717) is 0 Å². The van der Waals surface area contributed by atoms with Gasteiger partial charge in [0.25, 0.3) is 0 Å². The van der Waals surface area contributed by atoms with Crippen LogP contribution in [0.2, 0.25) is 0 Å². The minimum atomic E-state index is -0.715. The van der Waals surface area contributed by atoms with E-state index in [1.807, 2.05) is 0 Å². The lowest BCUT2D eigenvalue weighted by molar-refractivity contribution is -0.137. The lowest BCUT2D eigenvalue weighted by atomic mass is 10.2. The Bertz CT molecular complexity index is 398. The largest absolute Gasteiger partial charge is 0.481 e. The van der Waals surface area contributed by atoms with Crippen molar-refractivity contribution in [3.63, 3.8) is 0 Å². The molecule has 122 valence electrons. The summed E-state index contributed by atoms with van der Waals surface area (Å²) in [6.07, 6.45) is 28.4. The zero-order valence-electron chi connectivity index (χ0n) is 13.8. The van der Waals surface area contributed by atoms with Crippen LogP contribution in [0.4, 0.5) is 0 Å². The minimum absolute atomic E-state index is 0.258. The van der Waals surface area contributed by atoms with Crippen LogP contribution in [0, 0.1) is 0 Å². The van der Waals surface area contributed by atoms with Crippen molar-refractivity contribution < 1.29 is 9.90 Å². The third-order valence-corrected chi connectivity index (χ3v) is 2.92. The molecule has 0 amide bonds. The van der Waals surface area contributed by atoms with Gasteiger partial charge in [-0.1, -0.05) is 67.7 Å². The maximum Gasteiger partial charge on any atom is 0.303 e. The first-order chi connectivity index (χ1) is 10.8. The molecule has 22 heavy (non-hydrogen) atoms. The molecule has 0 radical (unpaired) electrons. The summed E-state index contributed by atoms with van der Waals surface area (Å²) in [5, 5.41) is 8.49. The van der Waals surface area contributed by atoms with Crippen LogP contribution in [0.1, 0.15) is 58.3 Å². The van der Waals surface area contributed by atoms with E-state index in [-0.39, 0.29) is 6.42 Å².